The van der Waals surface area contributed by atoms with Crippen LogP contribution < -0.4 is 0 Å². The molecule has 0 spiro atoms. The van der Waals surface area contributed by atoms with Crippen LogP contribution in [-0.2, 0) is 4.79 Å². The first kappa shape index (κ1) is 10.2. The highest BCUT2D eigenvalue weighted by Crippen LogP contribution is 2.37. The Morgan fingerprint density at radius 3 is 2.46 bits per heavy atom. The lowest BCUT2D eigenvalue weighted by molar-refractivity contribution is -0.518. The van der Waals surface area contributed by atoms with E-state index in [1.807, 2.05) is 13.8 Å². The third kappa shape index (κ3) is 2.05. The Morgan fingerprint density at radius 2 is 2.08 bits per heavy atom. The monoisotopic (exact) mass is 185 g/mol. The van der Waals surface area contributed by atoms with Crippen LogP contribution in [0.2, 0.25) is 0 Å². The fourth-order valence-corrected chi connectivity index (χ4v) is 2.27. The van der Waals surface area contributed by atoms with E-state index in [1.165, 1.54) is 0 Å². The summed E-state index contributed by atoms with van der Waals surface area (Å²) in [6, 6.07) is -0.965. The first-order valence-electron chi connectivity index (χ1n) is 4.50. The zero-order valence-corrected chi connectivity index (χ0v) is 8.24. The molecule has 0 saturated heterocycles. The lowest BCUT2D eigenvalue weighted by atomic mass is 9.70. The molecule has 0 amide bonds. The van der Waals surface area contributed by atoms with E-state index in [9.17, 15) is 14.9 Å². The number of hydrogen-bond acceptors (Lipinski definition) is 3. The molecule has 1 saturated carbocycles. The van der Waals surface area contributed by atoms with Crippen LogP contribution >= 0.6 is 0 Å². The Labute approximate surface area is 77.5 Å². The second-order valence-corrected chi connectivity index (χ2v) is 4.72. The number of Topliss-reactive ketones (excluding diaryl/α,β-unsaturated/α-hetero) is 1. The highest BCUT2D eigenvalue weighted by atomic mass is 16.6. The summed E-state index contributed by atoms with van der Waals surface area (Å²) in [4.78, 5) is 21.5. The van der Waals surface area contributed by atoms with Gasteiger partial charge in [0.25, 0.3) is 6.04 Å². The van der Waals surface area contributed by atoms with Crippen LogP contribution in [0.15, 0.2) is 0 Å². The average Bonchev–Trinajstić information content (AvgIpc) is 1.78. The van der Waals surface area contributed by atoms with Crippen molar-refractivity contribution in [3.8, 4) is 0 Å². The highest BCUT2D eigenvalue weighted by molar-refractivity contribution is 5.84. The van der Waals surface area contributed by atoms with Gasteiger partial charge in [-0.15, -0.1) is 0 Å². The molecular weight excluding hydrogens is 170 g/mol. The van der Waals surface area contributed by atoms with Crippen LogP contribution in [-0.4, -0.2) is 16.7 Å². The van der Waals surface area contributed by atoms with E-state index >= 15 is 0 Å². The quantitative estimate of drug-likeness (QED) is 0.461. The van der Waals surface area contributed by atoms with Crippen LogP contribution in [0.25, 0.3) is 0 Å². The normalized spacial score (nSPS) is 33.0. The molecule has 0 radical (unpaired) electrons. The summed E-state index contributed by atoms with van der Waals surface area (Å²) in [5, 5.41) is 10.6. The van der Waals surface area contributed by atoms with Gasteiger partial charge in [-0.25, -0.2) is 0 Å². The molecule has 0 aliphatic heterocycles. The SMILES string of the molecule is CC1CC(C)(C)CC(=O)C1[N+](=O)[O-]. The number of carbonyl (C=O) groups is 1. The van der Waals surface area contributed by atoms with Gasteiger partial charge in [0.15, 0.2) is 0 Å². The summed E-state index contributed by atoms with van der Waals surface area (Å²) in [5.74, 6) is -0.347. The van der Waals surface area contributed by atoms with E-state index < -0.39 is 11.0 Å². The van der Waals surface area contributed by atoms with Crippen molar-refractivity contribution in [1.29, 1.82) is 0 Å². The topological polar surface area (TPSA) is 60.2 Å². The molecule has 1 fully saturated rings. The molecule has 0 aromatic carbocycles. The van der Waals surface area contributed by atoms with Gasteiger partial charge in [0.1, 0.15) is 0 Å². The van der Waals surface area contributed by atoms with E-state index in [-0.39, 0.29) is 17.1 Å². The Morgan fingerprint density at radius 1 is 1.54 bits per heavy atom. The van der Waals surface area contributed by atoms with Gasteiger partial charge in [-0.3, -0.25) is 14.9 Å². The van der Waals surface area contributed by atoms with Crippen molar-refractivity contribution < 1.29 is 9.72 Å². The Kier molecular flexibility index (Phi) is 2.41. The molecule has 4 heteroatoms. The third-order valence-corrected chi connectivity index (χ3v) is 2.62. The molecule has 2 atom stereocenters. The van der Waals surface area contributed by atoms with E-state index in [4.69, 9.17) is 0 Å². The molecule has 1 aliphatic rings. The molecule has 4 nitrogen and oxygen atoms in total. The van der Waals surface area contributed by atoms with E-state index in [1.54, 1.807) is 6.92 Å². The van der Waals surface area contributed by atoms with Crippen molar-refractivity contribution in [2.75, 3.05) is 0 Å². The molecule has 13 heavy (non-hydrogen) atoms. The van der Waals surface area contributed by atoms with E-state index in [2.05, 4.69) is 0 Å². The number of carbonyl (C=O) groups excluding carboxylic acids is 1. The highest BCUT2D eigenvalue weighted by Gasteiger charge is 2.45. The maximum Gasteiger partial charge on any atom is 0.272 e. The number of nitro groups is 1. The molecule has 2 unspecified atom stereocenters. The number of hydrogen-bond donors (Lipinski definition) is 0. The maximum atomic E-state index is 11.4. The van der Waals surface area contributed by atoms with Gasteiger partial charge in [0, 0.05) is 17.3 Å². The fourth-order valence-electron chi connectivity index (χ4n) is 2.27. The largest absolute Gasteiger partial charge is 0.292 e. The molecule has 0 aromatic heterocycles. The van der Waals surface area contributed by atoms with Gasteiger partial charge in [-0.2, -0.15) is 0 Å². The van der Waals surface area contributed by atoms with Gasteiger partial charge < -0.3 is 0 Å². The smallest absolute Gasteiger partial charge is 0.272 e. The Balaban J connectivity index is 2.82. The molecule has 0 aromatic rings. The predicted molar refractivity (Wildman–Crippen MR) is 48.0 cm³/mol. The number of ketones is 1. The summed E-state index contributed by atoms with van der Waals surface area (Å²) in [6.07, 6.45) is 1.09. The van der Waals surface area contributed by atoms with Gasteiger partial charge in [0.05, 0.1) is 0 Å². The third-order valence-electron chi connectivity index (χ3n) is 2.62. The lowest BCUT2D eigenvalue weighted by Gasteiger charge is -2.33. The van der Waals surface area contributed by atoms with Crippen LogP contribution in [0, 0.1) is 21.4 Å². The minimum absolute atomic E-state index is 0.0665. The number of rotatable bonds is 1. The summed E-state index contributed by atoms with van der Waals surface area (Å²) in [7, 11) is 0. The van der Waals surface area contributed by atoms with Crippen molar-refractivity contribution in [3.05, 3.63) is 10.1 Å². The predicted octanol–water partition coefficient (Wildman–Crippen LogP) is 1.66. The lowest BCUT2D eigenvalue weighted by Crippen LogP contribution is -2.44. The van der Waals surface area contributed by atoms with Crippen LogP contribution in [0.4, 0.5) is 0 Å². The first-order chi connectivity index (χ1) is 5.83. The molecule has 0 bridgehead atoms. The van der Waals surface area contributed by atoms with Crippen molar-refractivity contribution in [2.45, 2.75) is 39.7 Å². The van der Waals surface area contributed by atoms with Crippen molar-refractivity contribution in [3.63, 3.8) is 0 Å². The molecule has 74 valence electrons. The average molecular weight is 185 g/mol. The second-order valence-electron chi connectivity index (χ2n) is 4.72. The van der Waals surface area contributed by atoms with E-state index in [0.717, 1.165) is 6.42 Å². The molecule has 0 heterocycles. The minimum atomic E-state index is -0.965. The number of nitrogens with zero attached hydrogens (tertiary/aromatic N) is 1. The van der Waals surface area contributed by atoms with Gasteiger partial charge in [-0.05, 0) is 11.8 Å². The minimum Gasteiger partial charge on any atom is -0.292 e. The summed E-state index contributed by atoms with van der Waals surface area (Å²) >= 11 is 0. The molecule has 1 rings (SSSR count). The van der Waals surface area contributed by atoms with Crippen molar-refractivity contribution in [1.82, 2.24) is 0 Å². The van der Waals surface area contributed by atoms with Crippen LogP contribution in [0.3, 0.4) is 0 Å². The zero-order valence-electron chi connectivity index (χ0n) is 8.24. The standard InChI is InChI=1S/C9H15NO3/c1-6-4-9(2,3)5-7(11)8(6)10(12)13/h6,8H,4-5H2,1-3H3. The zero-order chi connectivity index (χ0) is 10.2. The van der Waals surface area contributed by atoms with Crippen LogP contribution in [0.5, 0.6) is 0 Å². The maximum absolute atomic E-state index is 11.4. The summed E-state index contributed by atoms with van der Waals surface area (Å²) in [6.45, 7) is 5.75. The summed E-state index contributed by atoms with van der Waals surface area (Å²) < 4.78 is 0. The van der Waals surface area contributed by atoms with E-state index in [0.29, 0.717) is 6.42 Å². The Hall–Kier alpha value is -0.930. The van der Waals surface area contributed by atoms with Crippen molar-refractivity contribution in [2.24, 2.45) is 11.3 Å². The fraction of sp³-hybridized carbons (Fsp3) is 0.889. The van der Waals surface area contributed by atoms with Crippen molar-refractivity contribution >= 4 is 5.78 Å². The molecule has 0 N–H and O–H groups in total. The molecular formula is C9H15NO3. The van der Waals surface area contributed by atoms with Gasteiger partial charge in [-0.1, -0.05) is 20.8 Å². The van der Waals surface area contributed by atoms with Crippen LogP contribution in [0.1, 0.15) is 33.6 Å². The van der Waals surface area contributed by atoms with Gasteiger partial charge >= 0.3 is 0 Å². The molecule has 1 aliphatic carbocycles. The second kappa shape index (κ2) is 3.09. The Bertz CT molecular complexity index is 247. The van der Waals surface area contributed by atoms with Gasteiger partial charge in [0.2, 0.25) is 5.78 Å². The first-order valence-corrected chi connectivity index (χ1v) is 4.50. The summed E-state index contributed by atoms with van der Waals surface area (Å²) in [5.41, 5.74) is -0.0665.